The van der Waals surface area contributed by atoms with E-state index in [4.69, 9.17) is 0 Å². The minimum absolute atomic E-state index is 0.0353. The fraction of sp³-hybridized carbons (Fsp3) is 0.467. The summed E-state index contributed by atoms with van der Waals surface area (Å²) in [5.41, 5.74) is 1.10. The molecule has 1 aliphatic heterocycles. The Morgan fingerprint density at radius 1 is 1.45 bits per heavy atom. The van der Waals surface area contributed by atoms with Crippen LogP contribution in [0.2, 0.25) is 0 Å². The summed E-state index contributed by atoms with van der Waals surface area (Å²) in [4.78, 5) is 18.4. The van der Waals surface area contributed by atoms with E-state index in [1.165, 1.54) is 0 Å². The normalized spacial score (nSPS) is 23.2. The van der Waals surface area contributed by atoms with Crippen molar-refractivity contribution < 1.29 is 9.90 Å². The van der Waals surface area contributed by atoms with Gasteiger partial charge in [-0.25, -0.2) is 4.98 Å². The van der Waals surface area contributed by atoms with Gasteiger partial charge < -0.3 is 14.6 Å². The molecule has 5 nitrogen and oxygen atoms in total. The lowest BCUT2D eigenvalue weighted by Gasteiger charge is -2.36. The van der Waals surface area contributed by atoms with Crippen LogP contribution < -0.4 is 0 Å². The molecule has 0 saturated carbocycles. The first-order valence-corrected chi connectivity index (χ1v) is 6.95. The molecule has 1 N–H and O–H groups in total. The molecule has 1 fully saturated rings. The van der Waals surface area contributed by atoms with E-state index >= 15 is 0 Å². The number of carbonyl (C=O) groups is 1. The largest absolute Gasteiger partial charge is 0.388 e. The Bertz CT molecular complexity index is 633. The molecule has 3 rings (SSSR count). The summed E-state index contributed by atoms with van der Waals surface area (Å²) in [5, 5.41) is 10.1. The molecule has 20 heavy (non-hydrogen) atoms. The van der Waals surface area contributed by atoms with E-state index in [-0.39, 0.29) is 12.5 Å². The van der Waals surface area contributed by atoms with Crippen molar-refractivity contribution in [2.75, 3.05) is 13.1 Å². The zero-order chi connectivity index (χ0) is 14.2. The molecule has 1 aromatic carbocycles. The average molecular weight is 273 g/mol. The van der Waals surface area contributed by atoms with Crippen molar-refractivity contribution in [3.63, 3.8) is 0 Å². The second kappa shape index (κ2) is 4.90. The Morgan fingerprint density at radius 3 is 3.05 bits per heavy atom. The molecule has 1 atom stereocenters. The number of carbonyl (C=O) groups excluding carboxylic acids is 1. The number of rotatable bonds is 2. The molecule has 106 valence electrons. The zero-order valence-corrected chi connectivity index (χ0v) is 11.6. The van der Waals surface area contributed by atoms with E-state index in [0.29, 0.717) is 6.54 Å². The monoisotopic (exact) mass is 273 g/mol. The second-order valence-electron chi connectivity index (χ2n) is 5.78. The fourth-order valence-electron chi connectivity index (χ4n) is 2.81. The number of hydrogen-bond acceptors (Lipinski definition) is 3. The van der Waals surface area contributed by atoms with E-state index in [9.17, 15) is 9.90 Å². The number of aromatic nitrogens is 2. The zero-order valence-electron chi connectivity index (χ0n) is 11.6. The van der Waals surface area contributed by atoms with Crippen LogP contribution in [0.1, 0.15) is 19.8 Å². The molecule has 2 aromatic rings. The van der Waals surface area contributed by atoms with Gasteiger partial charge in [0.25, 0.3) is 0 Å². The van der Waals surface area contributed by atoms with Crippen LogP contribution in [0.15, 0.2) is 30.6 Å². The summed E-state index contributed by atoms with van der Waals surface area (Å²) in [7, 11) is 0. The predicted octanol–water partition coefficient (Wildman–Crippen LogP) is 1.41. The van der Waals surface area contributed by atoms with Crippen LogP contribution in [0, 0.1) is 0 Å². The van der Waals surface area contributed by atoms with Crippen LogP contribution in [-0.2, 0) is 11.3 Å². The molecule has 1 saturated heterocycles. The maximum atomic E-state index is 12.4. The molecule has 2 heterocycles. The van der Waals surface area contributed by atoms with Crippen molar-refractivity contribution >= 4 is 16.9 Å². The third-order valence-electron chi connectivity index (χ3n) is 3.86. The van der Waals surface area contributed by atoms with Gasteiger partial charge in [0.05, 0.1) is 23.0 Å². The topological polar surface area (TPSA) is 58.4 Å². The number of hydrogen-bond donors (Lipinski definition) is 1. The van der Waals surface area contributed by atoms with Gasteiger partial charge in [0.2, 0.25) is 5.91 Å². The second-order valence-corrected chi connectivity index (χ2v) is 5.78. The van der Waals surface area contributed by atoms with Crippen molar-refractivity contribution in [3.8, 4) is 0 Å². The number of likely N-dealkylation sites (tertiary alicyclic amines) is 1. The number of fused-ring (bicyclic) bond motifs is 1. The van der Waals surface area contributed by atoms with Crippen LogP contribution in [0.5, 0.6) is 0 Å². The quantitative estimate of drug-likeness (QED) is 0.900. The highest BCUT2D eigenvalue weighted by Gasteiger charge is 2.30. The first-order valence-electron chi connectivity index (χ1n) is 6.95. The van der Waals surface area contributed by atoms with Crippen LogP contribution in [-0.4, -0.2) is 44.2 Å². The van der Waals surface area contributed by atoms with E-state index in [2.05, 4.69) is 4.98 Å². The number of piperidine rings is 1. The van der Waals surface area contributed by atoms with Gasteiger partial charge in [-0.3, -0.25) is 4.79 Å². The van der Waals surface area contributed by atoms with Crippen molar-refractivity contribution in [3.05, 3.63) is 30.6 Å². The van der Waals surface area contributed by atoms with Crippen LogP contribution in [0.4, 0.5) is 0 Å². The van der Waals surface area contributed by atoms with Crippen molar-refractivity contribution in [2.45, 2.75) is 31.9 Å². The molecule has 0 aliphatic carbocycles. The molecule has 0 radical (unpaired) electrons. The van der Waals surface area contributed by atoms with Crippen LogP contribution in [0.25, 0.3) is 11.0 Å². The Kier molecular flexibility index (Phi) is 3.22. The SMILES string of the molecule is CC1(O)CCCN(C(=O)Cn2cnc3ccccc32)C1. The minimum atomic E-state index is -0.759. The predicted molar refractivity (Wildman–Crippen MR) is 76.2 cm³/mol. The lowest BCUT2D eigenvalue weighted by molar-refractivity contribution is -0.138. The molecule has 1 amide bonds. The summed E-state index contributed by atoms with van der Waals surface area (Å²) in [6.45, 7) is 3.20. The first-order chi connectivity index (χ1) is 9.55. The summed E-state index contributed by atoms with van der Waals surface area (Å²) in [6, 6.07) is 7.77. The number of para-hydroxylation sites is 2. The molecule has 1 aromatic heterocycles. The standard InChI is InChI=1S/C15H19N3O2/c1-15(20)7-4-8-17(10-15)14(19)9-18-11-16-12-5-2-3-6-13(12)18/h2-3,5-6,11,20H,4,7-10H2,1H3. The lowest BCUT2D eigenvalue weighted by Crippen LogP contribution is -2.49. The van der Waals surface area contributed by atoms with Crippen molar-refractivity contribution in [2.24, 2.45) is 0 Å². The molecule has 5 heteroatoms. The summed E-state index contributed by atoms with van der Waals surface area (Å²) in [6.07, 6.45) is 3.30. The van der Waals surface area contributed by atoms with Gasteiger partial charge in [-0.1, -0.05) is 12.1 Å². The van der Waals surface area contributed by atoms with Gasteiger partial charge in [-0.15, -0.1) is 0 Å². The molecule has 0 bridgehead atoms. The van der Waals surface area contributed by atoms with Gasteiger partial charge >= 0.3 is 0 Å². The maximum absolute atomic E-state index is 12.4. The Balaban J connectivity index is 1.76. The molecular weight excluding hydrogens is 254 g/mol. The van der Waals surface area contributed by atoms with Gasteiger partial charge in [0.15, 0.2) is 0 Å². The number of β-amino-alcohol motifs (C(OH)–C–C–N with tert-alkyl or cyclic N) is 1. The maximum Gasteiger partial charge on any atom is 0.242 e. The van der Waals surface area contributed by atoms with Gasteiger partial charge in [-0.2, -0.15) is 0 Å². The smallest absolute Gasteiger partial charge is 0.242 e. The summed E-state index contributed by atoms with van der Waals surface area (Å²) in [5.74, 6) is 0.0353. The number of benzene rings is 1. The summed E-state index contributed by atoms with van der Waals surface area (Å²) >= 11 is 0. The molecular formula is C15H19N3O2. The highest BCUT2D eigenvalue weighted by molar-refractivity contribution is 5.80. The van der Waals surface area contributed by atoms with Crippen LogP contribution in [0.3, 0.4) is 0 Å². The third-order valence-corrected chi connectivity index (χ3v) is 3.86. The fourth-order valence-corrected chi connectivity index (χ4v) is 2.81. The van der Waals surface area contributed by atoms with Crippen molar-refractivity contribution in [1.29, 1.82) is 0 Å². The van der Waals surface area contributed by atoms with Crippen LogP contribution >= 0.6 is 0 Å². The first kappa shape index (κ1) is 13.1. The minimum Gasteiger partial charge on any atom is -0.388 e. The number of aliphatic hydroxyl groups is 1. The average Bonchev–Trinajstić information content (AvgIpc) is 2.81. The number of imidazole rings is 1. The Hall–Kier alpha value is -1.88. The lowest BCUT2D eigenvalue weighted by atomic mass is 9.95. The Labute approximate surface area is 117 Å². The molecule has 0 spiro atoms. The highest BCUT2D eigenvalue weighted by atomic mass is 16.3. The van der Waals surface area contributed by atoms with Gasteiger partial charge in [-0.05, 0) is 31.9 Å². The highest BCUT2D eigenvalue weighted by Crippen LogP contribution is 2.21. The number of amides is 1. The van der Waals surface area contributed by atoms with E-state index < -0.39 is 5.60 Å². The summed E-state index contributed by atoms with van der Waals surface area (Å²) < 4.78 is 1.86. The Morgan fingerprint density at radius 2 is 2.25 bits per heavy atom. The van der Waals surface area contributed by atoms with E-state index in [1.807, 2.05) is 28.8 Å². The van der Waals surface area contributed by atoms with E-state index in [1.54, 1.807) is 18.2 Å². The molecule has 1 unspecified atom stereocenters. The van der Waals surface area contributed by atoms with E-state index in [0.717, 1.165) is 30.4 Å². The number of nitrogens with zero attached hydrogens (tertiary/aromatic N) is 3. The van der Waals surface area contributed by atoms with Gasteiger partial charge in [0.1, 0.15) is 6.54 Å². The third kappa shape index (κ3) is 2.54. The van der Waals surface area contributed by atoms with Crippen molar-refractivity contribution in [1.82, 2.24) is 14.5 Å². The van der Waals surface area contributed by atoms with Gasteiger partial charge in [0, 0.05) is 13.1 Å². The molecule has 1 aliphatic rings.